The largest absolute Gasteiger partial charge is 0.392 e. The molecule has 0 aliphatic carbocycles. The van der Waals surface area contributed by atoms with E-state index in [4.69, 9.17) is 35.4 Å². The Morgan fingerprint density at radius 1 is 0.368 bits per heavy atom. The molecule has 0 radical (unpaired) electrons. The number of amides is 2. The Morgan fingerprint density at radius 3 is 0.737 bits per heavy atom. The zero-order valence-electron chi connectivity index (χ0n) is 55.1. The highest BCUT2D eigenvalue weighted by Gasteiger charge is 2.46. The fraction of sp³-hybridized carbons (Fsp3) is 0.933. The van der Waals surface area contributed by atoms with Gasteiger partial charge in [-0.15, -0.1) is 0 Å². The Morgan fingerprint density at radius 2 is 0.579 bits per heavy atom. The normalized spacial score (nSPS) is 13.8. The standard InChI is InChI=1S/C33H71NO5Si2.C27H57NO5Si2/c1-24(2)23-32(25(3)4)33(35)34(19-17-21-40(30(13)14,36-26(5)6)37-27(7)8)20-18-22-41(31(15)16,38-28(9)10)39-29(11)12;1-14-27(29)28(17-15-19-34(25(10)11,30-21(2)3)31-22(4)5)18-16-20-35(26(12)13,32-23(6)7)33-24(8)9/h24-32H,17-23H2,1-16H3;14,21-26H,1,15-20H2,2-13H3. The first-order valence-corrected chi connectivity index (χ1v) is 38.9. The molecule has 0 spiro atoms. The second-order valence-electron chi connectivity index (χ2n) is 25.9. The first-order valence-electron chi connectivity index (χ1n) is 30.5. The van der Waals surface area contributed by atoms with Crippen LogP contribution in [0.1, 0.15) is 226 Å². The minimum Gasteiger partial charge on any atom is -0.392 e. The van der Waals surface area contributed by atoms with E-state index in [9.17, 15) is 9.59 Å². The molecular weight excluding hydrogens is 1020 g/mol. The van der Waals surface area contributed by atoms with Gasteiger partial charge in [-0.3, -0.25) is 9.59 Å². The summed E-state index contributed by atoms with van der Waals surface area (Å²) in [4.78, 5) is 30.9. The van der Waals surface area contributed by atoms with Crippen molar-refractivity contribution >= 4 is 46.1 Å². The molecule has 454 valence electrons. The van der Waals surface area contributed by atoms with E-state index in [1.807, 2.05) is 4.90 Å². The van der Waals surface area contributed by atoms with Crippen LogP contribution in [-0.2, 0) is 45.0 Å². The lowest BCUT2D eigenvalue weighted by atomic mass is 9.86. The number of hydrogen-bond acceptors (Lipinski definition) is 10. The van der Waals surface area contributed by atoms with Gasteiger partial charge in [-0.05, 0) is 207 Å². The number of rotatable bonds is 41. The summed E-state index contributed by atoms with van der Waals surface area (Å²) in [5.41, 5.74) is 1.32. The monoisotopic (exact) mass is 1150 g/mol. The molecule has 0 aliphatic heterocycles. The molecule has 1 atom stereocenters. The number of carbonyl (C=O) groups is 2. The van der Waals surface area contributed by atoms with Crippen LogP contribution in [0.25, 0.3) is 0 Å². The van der Waals surface area contributed by atoms with E-state index >= 15 is 0 Å². The van der Waals surface area contributed by atoms with Crippen molar-refractivity contribution in [3.63, 3.8) is 0 Å². The molecule has 2 amide bonds. The Kier molecular flexibility index (Phi) is 38.7. The molecule has 0 N–H and O–H groups in total. The lowest BCUT2D eigenvalue weighted by molar-refractivity contribution is -0.137. The molecule has 0 aromatic heterocycles. The Bertz CT molecular complexity index is 1420. The van der Waals surface area contributed by atoms with Gasteiger partial charge in [-0.2, -0.15) is 0 Å². The van der Waals surface area contributed by atoms with Gasteiger partial charge < -0.3 is 45.2 Å². The molecule has 1 unspecified atom stereocenters. The van der Waals surface area contributed by atoms with Crippen molar-refractivity contribution < 1.29 is 45.0 Å². The molecule has 0 aromatic rings. The Hall–Kier alpha value is -0.772. The summed E-state index contributed by atoms with van der Waals surface area (Å²) in [7, 11) is -9.76. The van der Waals surface area contributed by atoms with Crippen LogP contribution in [0, 0.1) is 17.8 Å². The van der Waals surface area contributed by atoms with Crippen molar-refractivity contribution in [2.45, 2.75) is 321 Å². The maximum absolute atomic E-state index is 14.1. The van der Waals surface area contributed by atoms with Gasteiger partial charge in [0.25, 0.3) is 0 Å². The van der Waals surface area contributed by atoms with Gasteiger partial charge in [0.2, 0.25) is 11.8 Å². The molecule has 0 heterocycles. The molecule has 0 aliphatic rings. The zero-order chi connectivity index (χ0) is 59.5. The number of hydrogen-bond donors (Lipinski definition) is 0. The van der Waals surface area contributed by atoms with Gasteiger partial charge >= 0.3 is 34.2 Å². The fourth-order valence-electron chi connectivity index (χ4n) is 10.3. The van der Waals surface area contributed by atoms with Crippen LogP contribution in [0.4, 0.5) is 0 Å². The topological polar surface area (TPSA) is 114 Å². The summed E-state index contributed by atoms with van der Waals surface area (Å²) >= 11 is 0. The van der Waals surface area contributed by atoms with Crippen LogP contribution in [-0.4, -0.2) is 131 Å². The molecule has 0 saturated carbocycles. The van der Waals surface area contributed by atoms with Gasteiger partial charge in [-0.25, -0.2) is 0 Å². The van der Waals surface area contributed by atoms with E-state index in [1.54, 1.807) is 0 Å². The number of nitrogens with zero attached hydrogens (tertiary/aromatic N) is 2. The minimum atomic E-state index is -2.46. The van der Waals surface area contributed by atoms with Gasteiger partial charge in [0.05, 0.1) is 0 Å². The van der Waals surface area contributed by atoms with Crippen molar-refractivity contribution in [1.29, 1.82) is 0 Å². The van der Waals surface area contributed by atoms with Crippen molar-refractivity contribution in [1.82, 2.24) is 9.80 Å². The predicted octanol–water partition coefficient (Wildman–Crippen LogP) is 16.5. The van der Waals surface area contributed by atoms with Gasteiger partial charge in [0, 0.05) is 80.9 Å². The van der Waals surface area contributed by atoms with Crippen molar-refractivity contribution in [3.05, 3.63) is 12.7 Å². The first kappa shape index (κ1) is 77.3. The maximum Gasteiger partial charge on any atom is 0.341 e. The molecule has 0 bridgehead atoms. The quantitative estimate of drug-likeness (QED) is 0.0433. The predicted molar refractivity (Wildman–Crippen MR) is 332 cm³/mol. The van der Waals surface area contributed by atoms with E-state index in [-0.39, 0.29) is 60.7 Å². The van der Waals surface area contributed by atoms with Crippen molar-refractivity contribution in [2.75, 3.05) is 26.2 Å². The van der Waals surface area contributed by atoms with Gasteiger partial charge in [0.1, 0.15) is 0 Å². The summed E-state index contributed by atoms with van der Waals surface area (Å²) in [5.74, 6) is 1.09. The average Bonchev–Trinajstić information content (AvgIpc) is 3.24. The fourth-order valence-corrected chi connectivity index (χ4v) is 24.9. The van der Waals surface area contributed by atoms with Crippen LogP contribution in [0.15, 0.2) is 12.7 Å². The van der Waals surface area contributed by atoms with Crippen LogP contribution >= 0.6 is 0 Å². The molecule has 16 heteroatoms. The molecule has 0 aromatic carbocycles. The minimum absolute atomic E-state index is 0.0252. The second-order valence-corrected chi connectivity index (χ2v) is 40.9. The molecular formula is C60H128N2O10Si4. The lowest BCUT2D eigenvalue weighted by Gasteiger charge is -2.39. The Balaban J connectivity index is 0. The first-order chi connectivity index (χ1) is 34.9. The van der Waals surface area contributed by atoms with Gasteiger partial charge in [-0.1, -0.05) is 89.7 Å². The SMILES string of the molecule is C=CC(=O)N(CCC[Si](OC(C)C)(OC(C)C)C(C)C)CCC[Si](OC(C)C)(OC(C)C)C(C)C.CC(C)CC(C(=O)N(CCC[Si](OC(C)C)(OC(C)C)C(C)C)CCC[Si](OC(C)C)(OC(C)C)C(C)C)C(C)C. The van der Waals surface area contributed by atoms with Crippen LogP contribution in [0.2, 0.25) is 46.3 Å². The van der Waals surface area contributed by atoms with E-state index in [1.165, 1.54) is 6.08 Å². The van der Waals surface area contributed by atoms with E-state index in [0.29, 0.717) is 53.0 Å². The summed E-state index contributed by atoms with van der Waals surface area (Å²) in [5, 5.41) is 0. The highest BCUT2D eigenvalue weighted by Crippen LogP contribution is 2.36. The number of carbonyl (C=O) groups excluding carboxylic acids is 2. The third-order valence-electron chi connectivity index (χ3n) is 13.5. The molecule has 76 heavy (non-hydrogen) atoms. The summed E-state index contributed by atoms with van der Waals surface area (Å²) in [6.45, 7) is 66.5. The zero-order valence-corrected chi connectivity index (χ0v) is 59.1. The Labute approximate surface area is 476 Å². The highest BCUT2D eigenvalue weighted by molar-refractivity contribution is 6.70. The molecule has 0 rings (SSSR count). The van der Waals surface area contributed by atoms with Crippen LogP contribution in [0.3, 0.4) is 0 Å². The van der Waals surface area contributed by atoms with Crippen LogP contribution < -0.4 is 0 Å². The van der Waals surface area contributed by atoms with Gasteiger partial charge in [0.15, 0.2) is 0 Å². The van der Waals surface area contributed by atoms with E-state index < -0.39 is 34.2 Å². The summed E-state index contributed by atoms with van der Waals surface area (Å²) in [6, 6.07) is 3.50. The molecule has 0 saturated heterocycles. The van der Waals surface area contributed by atoms with Crippen molar-refractivity contribution in [3.8, 4) is 0 Å². The highest BCUT2D eigenvalue weighted by atomic mass is 28.4. The molecule has 0 fully saturated rings. The third-order valence-corrected chi connectivity index (χ3v) is 31.7. The van der Waals surface area contributed by atoms with E-state index in [0.717, 1.165) is 69.4 Å². The van der Waals surface area contributed by atoms with Crippen LogP contribution in [0.5, 0.6) is 0 Å². The summed E-state index contributed by atoms with van der Waals surface area (Å²) < 4.78 is 52.3. The van der Waals surface area contributed by atoms with Crippen molar-refractivity contribution in [2.24, 2.45) is 17.8 Å². The maximum atomic E-state index is 14.1. The van der Waals surface area contributed by atoms with E-state index in [2.05, 4.69) is 205 Å². The average molecular weight is 1150 g/mol. The smallest absolute Gasteiger partial charge is 0.341 e. The second kappa shape index (κ2) is 38.1. The molecule has 12 nitrogen and oxygen atoms in total. The summed E-state index contributed by atoms with van der Waals surface area (Å²) in [6.07, 6.45) is 6.75. The third kappa shape index (κ3) is 29.8. The lowest BCUT2D eigenvalue weighted by Crippen LogP contribution is -2.50.